The van der Waals surface area contributed by atoms with Crippen molar-refractivity contribution < 1.29 is 0 Å². The Labute approximate surface area is 116 Å². The second kappa shape index (κ2) is 14.8. The van der Waals surface area contributed by atoms with Gasteiger partial charge in [-0.2, -0.15) is 0 Å². The smallest absolute Gasteiger partial charge is 0.0320 e. The number of allylic oxidation sites excluding steroid dienone is 2. The predicted octanol–water partition coefficient (Wildman–Crippen LogP) is 7.04. The molecule has 0 saturated carbocycles. The molecule has 0 aromatic rings. The summed E-state index contributed by atoms with van der Waals surface area (Å²) in [5.41, 5.74) is 1.76. The summed E-state index contributed by atoms with van der Waals surface area (Å²) in [5.74, 6) is 0. The Morgan fingerprint density at radius 1 is 0.611 bits per heavy atom. The van der Waals surface area contributed by atoms with Gasteiger partial charge in [-0.05, 0) is 38.5 Å². The number of hydrogen-bond donors (Lipinski definition) is 0. The molecule has 0 aliphatic rings. The van der Waals surface area contributed by atoms with Crippen molar-refractivity contribution in [2.24, 2.45) is 0 Å². The Morgan fingerprint density at radius 2 is 1.11 bits per heavy atom. The van der Waals surface area contributed by atoms with E-state index in [0.717, 1.165) is 0 Å². The molecule has 0 heterocycles. The first-order chi connectivity index (χ1) is 8.85. The Hall–Kier alpha value is -0.260. The third kappa shape index (κ3) is 12.2. The Balaban J connectivity index is 3.82. The molecule has 0 fully saturated rings. The summed E-state index contributed by atoms with van der Waals surface area (Å²) in [4.78, 5) is 0. The predicted molar refractivity (Wildman–Crippen MR) is 85.1 cm³/mol. The van der Waals surface area contributed by atoms with Crippen molar-refractivity contribution in [3.63, 3.8) is 0 Å². The lowest BCUT2D eigenvalue weighted by Crippen LogP contribution is -1.88. The van der Waals surface area contributed by atoms with E-state index in [1.807, 2.05) is 0 Å². The van der Waals surface area contributed by atoms with Crippen LogP contribution >= 0.6 is 0 Å². The molecule has 0 aliphatic carbocycles. The highest BCUT2D eigenvalue weighted by Gasteiger charge is 1.98. The molecule has 0 amide bonds. The SMILES string of the molecule is CCCCC/C=C(\CCCCC)CCCCCC. The van der Waals surface area contributed by atoms with Gasteiger partial charge >= 0.3 is 0 Å². The van der Waals surface area contributed by atoms with Gasteiger partial charge in [-0.1, -0.05) is 77.4 Å². The van der Waals surface area contributed by atoms with E-state index in [4.69, 9.17) is 0 Å². The van der Waals surface area contributed by atoms with Crippen LogP contribution in [0.4, 0.5) is 0 Å². The maximum Gasteiger partial charge on any atom is -0.0320 e. The molecule has 0 bridgehead atoms. The van der Waals surface area contributed by atoms with Crippen LogP contribution in [0, 0.1) is 0 Å². The molecule has 0 aromatic carbocycles. The highest BCUT2D eigenvalue weighted by Crippen LogP contribution is 2.18. The summed E-state index contributed by atoms with van der Waals surface area (Å²) >= 11 is 0. The highest BCUT2D eigenvalue weighted by atomic mass is 14.0. The average Bonchev–Trinajstić information content (AvgIpc) is 2.39. The number of unbranched alkanes of at least 4 members (excludes halogenated alkanes) is 8. The molecule has 18 heavy (non-hydrogen) atoms. The topological polar surface area (TPSA) is 0 Å². The molecule has 0 N–H and O–H groups in total. The normalized spacial score (nSPS) is 12.1. The largest absolute Gasteiger partial charge is 0.0853 e. The Morgan fingerprint density at radius 3 is 1.72 bits per heavy atom. The fraction of sp³-hybridized carbons (Fsp3) is 0.889. The van der Waals surface area contributed by atoms with Crippen LogP contribution in [-0.4, -0.2) is 0 Å². The molecule has 0 saturated heterocycles. The van der Waals surface area contributed by atoms with Gasteiger partial charge in [-0.25, -0.2) is 0 Å². The first-order valence-corrected chi connectivity index (χ1v) is 8.53. The first kappa shape index (κ1) is 17.7. The second-order valence-corrected chi connectivity index (χ2v) is 5.63. The maximum absolute atomic E-state index is 2.57. The van der Waals surface area contributed by atoms with Crippen LogP contribution in [0.3, 0.4) is 0 Å². The van der Waals surface area contributed by atoms with Gasteiger partial charge in [-0.15, -0.1) is 0 Å². The monoisotopic (exact) mass is 252 g/mol. The molecule has 0 heteroatoms. The number of rotatable bonds is 13. The summed E-state index contributed by atoms with van der Waals surface area (Å²) in [6, 6.07) is 0. The first-order valence-electron chi connectivity index (χ1n) is 8.53. The summed E-state index contributed by atoms with van der Waals surface area (Å²) in [7, 11) is 0. The molecule has 0 radical (unpaired) electrons. The highest BCUT2D eigenvalue weighted by molar-refractivity contribution is 5.01. The van der Waals surface area contributed by atoms with E-state index in [1.54, 1.807) is 5.57 Å². The molecule has 0 unspecified atom stereocenters. The zero-order valence-electron chi connectivity index (χ0n) is 13.3. The van der Waals surface area contributed by atoms with E-state index in [9.17, 15) is 0 Å². The molecule has 0 atom stereocenters. The van der Waals surface area contributed by atoms with E-state index in [1.165, 1.54) is 83.5 Å². The molecule has 0 aromatic heterocycles. The van der Waals surface area contributed by atoms with E-state index in [2.05, 4.69) is 26.8 Å². The molecular weight excluding hydrogens is 216 g/mol. The minimum atomic E-state index is 1.32. The van der Waals surface area contributed by atoms with Crippen LogP contribution in [0.25, 0.3) is 0 Å². The molecule has 0 rings (SSSR count). The quantitative estimate of drug-likeness (QED) is 0.243. The average molecular weight is 252 g/mol. The van der Waals surface area contributed by atoms with Crippen LogP contribution in [-0.2, 0) is 0 Å². The van der Waals surface area contributed by atoms with Crippen molar-refractivity contribution in [1.82, 2.24) is 0 Å². The molecular formula is C18H36. The standard InChI is InChI=1S/C18H36/c1-4-7-10-13-16-18(15-12-9-6-3)17-14-11-8-5-2/h16H,4-15,17H2,1-3H3/b18-16+. The molecule has 0 spiro atoms. The molecule has 108 valence electrons. The fourth-order valence-electron chi connectivity index (χ4n) is 2.41. The van der Waals surface area contributed by atoms with Gasteiger partial charge in [0.2, 0.25) is 0 Å². The lowest BCUT2D eigenvalue weighted by atomic mass is 9.99. The summed E-state index contributed by atoms with van der Waals surface area (Å²) in [5, 5.41) is 0. The van der Waals surface area contributed by atoms with E-state index < -0.39 is 0 Å². The Bertz CT molecular complexity index is 178. The van der Waals surface area contributed by atoms with Gasteiger partial charge in [0.1, 0.15) is 0 Å². The second-order valence-electron chi connectivity index (χ2n) is 5.63. The summed E-state index contributed by atoms with van der Waals surface area (Å²) in [6.07, 6.45) is 20.5. The van der Waals surface area contributed by atoms with Crippen LogP contribution in [0.1, 0.15) is 104 Å². The van der Waals surface area contributed by atoms with Crippen molar-refractivity contribution in [1.29, 1.82) is 0 Å². The van der Waals surface area contributed by atoms with Crippen molar-refractivity contribution in [3.8, 4) is 0 Å². The fourth-order valence-corrected chi connectivity index (χ4v) is 2.41. The van der Waals surface area contributed by atoms with Crippen molar-refractivity contribution in [2.45, 2.75) is 104 Å². The van der Waals surface area contributed by atoms with Crippen LogP contribution in [0.15, 0.2) is 11.6 Å². The maximum atomic E-state index is 2.57. The Kier molecular flexibility index (Phi) is 14.6. The van der Waals surface area contributed by atoms with Gasteiger partial charge in [0, 0.05) is 0 Å². The van der Waals surface area contributed by atoms with Gasteiger partial charge in [0.25, 0.3) is 0 Å². The van der Waals surface area contributed by atoms with Crippen molar-refractivity contribution in [2.75, 3.05) is 0 Å². The number of hydrogen-bond acceptors (Lipinski definition) is 0. The minimum Gasteiger partial charge on any atom is -0.0853 e. The van der Waals surface area contributed by atoms with Crippen LogP contribution < -0.4 is 0 Å². The van der Waals surface area contributed by atoms with Crippen LogP contribution in [0.5, 0.6) is 0 Å². The van der Waals surface area contributed by atoms with Gasteiger partial charge in [0.15, 0.2) is 0 Å². The van der Waals surface area contributed by atoms with E-state index in [0.29, 0.717) is 0 Å². The van der Waals surface area contributed by atoms with Gasteiger partial charge in [0.05, 0.1) is 0 Å². The van der Waals surface area contributed by atoms with Crippen LogP contribution in [0.2, 0.25) is 0 Å². The van der Waals surface area contributed by atoms with Crippen molar-refractivity contribution >= 4 is 0 Å². The van der Waals surface area contributed by atoms with E-state index >= 15 is 0 Å². The lowest BCUT2D eigenvalue weighted by Gasteiger charge is -2.08. The molecule has 0 aliphatic heterocycles. The lowest BCUT2D eigenvalue weighted by molar-refractivity contribution is 0.632. The third-order valence-corrected chi connectivity index (χ3v) is 3.69. The summed E-state index contributed by atoms with van der Waals surface area (Å²) < 4.78 is 0. The van der Waals surface area contributed by atoms with Gasteiger partial charge < -0.3 is 0 Å². The summed E-state index contributed by atoms with van der Waals surface area (Å²) in [6.45, 7) is 6.88. The van der Waals surface area contributed by atoms with E-state index in [-0.39, 0.29) is 0 Å². The zero-order valence-corrected chi connectivity index (χ0v) is 13.3. The third-order valence-electron chi connectivity index (χ3n) is 3.69. The zero-order chi connectivity index (χ0) is 13.5. The van der Waals surface area contributed by atoms with Crippen molar-refractivity contribution in [3.05, 3.63) is 11.6 Å². The minimum absolute atomic E-state index is 1.32. The van der Waals surface area contributed by atoms with Gasteiger partial charge in [-0.3, -0.25) is 0 Å². The molecule has 0 nitrogen and oxygen atoms in total.